The number of unbranched alkanes of at least 4 members (excludes halogenated alkanes) is 1. The van der Waals surface area contributed by atoms with Crippen LogP contribution in [0.25, 0.3) is 10.8 Å². The highest BCUT2D eigenvalue weighted by atomic mass is 32.2. The summed E-state index contributed by atoms with van der Waals surface area (Å²) < 4.78 is 27.6. The minimum absolute atomic E-state index is 0.249. The van der Waals surface area contributed by atoms with E-state index >= 15 is 0 Å². The molecule has 11 nitrogen and oxygen atoms in total. The van der Waals surface area contributed by atoms with Crippen LogP contribution in [0.2, 0.25) is 0 Å². The first-order valence-corrected chi connectivity index (χ1v) is 14.0. The molecule has 1 atom stereocenters. The zero-order valence-corrected chi connectivity index (χ0v) is 21.8. The number of aryl methyl sites for hydroxylation is 1. The summed E-state index contributed by atoms with van der Waals surface area (Å²) in [5, 5.41) is 19.5. The number of hydrogen-bond donors (Lipinski definition) is 4. The molecule has 0 aliphatic rings. The second-order valence-corrected chi connectivity index (χ2v) is 11.7. The minimum Gasteiger partial charge on any atom is -0.479 e. The van der Waals surface area contributed by atoms with Crippen LogP contribution < -0.4 is 16.8 Å². The van der Waals surface area contributed by atoms with Crippen molar-refractivity contribution in [1.29, 1.82) is 0 Å². The number of carboxylic acids is 1. The van der Waals surface area contributed by atoms with E-state index in [9.17, 15) is 23.1 Å². The van der Waals surface area contributed by atoms with E-state index in [2.05, 4.69) is 20.5 Å². The Balaban J connectivity index is 1.55. The normalized spacial score (nSPS) is 12.8. The Labute approximate surface area is 222 Å². The number of sulfone groups is 1. The molecule has 0 aliphatic heterocycles. The van der Waals surface area contributed by atoms with Crippen molar-refractivity contribution in [2.45, 2.75) is 35.1 Å². The van der Waals surface area contributed by atoms with Gasteiger partial charge in [0.1, 0.15) is 10.8 Å². The molecule has 198 valence electrons. The Morgan fingerprint density at radius 3 is 2.47 bits per heavy atom. The van der Waals surface area contributed by atoms with Gasteiger partial charge in [-0.2, -0.15) is 0 Å². The van der Waals surface area contributed by atoms with Gasteiger partial charge >= 0.3 is 5.97 Å². The molecule has 1 unspecified atom stereocenters. The number of pyridine rings is 1. The number of rotatable bonds is 12. The summed E-state index contributed by atoms with van der Waals surface area (Å²) in [6, 6.07) is 16.7. The molecule has 0 radical (unpaired) electrons. The third kappa shape index (κ3) is 5.70. The molecule has 0 fully saturated rings. The molecule has 0 amide bonds. The van der Waals surface area contributed by atoms with E-state index in [1.807, 2.05) is 18.2 Å². The Bertz CT molecular complexity index is 1550. The standard InChI is InChI=1S/C25H26N6O5S2/c26-25(27,24(33)34)22(38(35,36)18-11-7-9-16-8-1-2-10-17(16)18)21(32)23-31-30-20(37-23)13-4-6-15-29-19-12-3-5-14-28-19/h1-3,5,7-12,14,22H,4,6,13,15,26-27H2,(H,28,29)(H,33,34). The van der Waals surface area contributed by atoms with Crippen molar-refractivity contribution in [3.63, 3.8) is 0 Å². The summed E-state index contributed by atoms with van der Waals surface area (Å²) in [5.74, 6) is -2.20. The molecule has 13 heteroatoms. The highest BCUT2D eigenvalue weighted by Crippen LogP contribution is 2.31. The lowest BCUT2D eigenvalue weighted by Gasteiger charge is -2.28. The smallest absolute Gasteiger partial charge is 0.340 e. The number of nitrogens with two attached hydrogens (primary N) is 2. The average molecular weight is 555 g/mol. The van der Waals surface area contributed by atoms with Crippen LogP contribution >= 0.6 is 11.3 Å². The summed E-state index contributed by atoms with van der Waals surface area (Å²) in [6.07, 6.45) is 3.68. The zero-order chi connectivity index (χ0) is 27.3. The average Bonchev–Trinajstić information content (AvgIpc) is 3.37. The largest absolute Gasteiger partial charge is 0.479 e. The molecule has 0 saturated carbocycles. The van der Waals surface area contributed by atoms with Crippen LogP contribution in [0.4, 0.5) is 5.82 Å². The summed E-state index contributed by atoms with van der Waals surface area (Å²) >= 11 is 0.893. The monoisotopic (exact) mass is 554 g/mol. The number of carboxylic acid groups (broad SMARTS) is 1. The highest BCUT2D eigenvalue weighted by Gasteiger charge is 2.53. The second-order valence-electron chi connectivity index (χ2n) is 8.60. The van der Waals surface area contributed by atoms with Gasteiger partial charge in [0.05, 0.1) is 4.90 Å². The van der Waals surface area contributed by atoms with Crippen LogP contribution in [0, 0.1) is 0 Å². The van der Waals surface area contributed by atoms with E-state index < -0.39 is 32.5 Å². The lowest BCUT2D eigenvalue weighted by molar-refractivity contribution is -0.142. The number of aromatic nitrogens is 3. The fourth-order valence-electron chi connectivity index (χ4n) is 3.95. The number of aliphatic carboxylic acids is 1. The summed E-state index contributed by atoms with van der Waals surface area (Å²) in [4.78, 5) is 29.4. The maximum atomic E-state index is 13.8. The van der Waals surface area contributed by atoms with E-state index in [1.54, 1.807) is 36.5 Å². The molecular formula is C25H26N6O5S2. The third-order valence-electron chi connectivity index (χ3n) is 5.87. The van der Waals surface area contributed by atoms with Crippen molar-refractivity contribution >= 4 is 49.5 Å². The molecular weight excluding hydrogens is 528 g/mol. The van der Waals surface area contributed by atoms with Gasteiger partial charge in [0.2, 0.25) is 5.78 Å². The predicted molar refractivity (Wildman–Crippen MR) is 144 cm³/mol. The van der Waals surface area contributed by atoms with Gasteiger partial charge in [0.25, 0.3) is 0 Å². The zero-order valence-electron chi connectivity index (χ0n) is 20.1. The fourth-order valence-corrected chi connectivity index (χ4v) is 6.90. The first-order valence-electron chi connectivity index (χ1n) is 11.7. The molecule has 0 spiro atoms. The number of Topliss-reactive ketones (excluding diaryl/α,β-unsaturated/α-hetero) is 1. The summed E-state index contributed by atoms with van der Waals surface area (Å²) in [5.41, 5.74) is 8.68. The van der Waals surface area contributed by atoms with Crippen molar-refractivity contribution < 1.29 is 23.1 Å². The van der Waals surface area contributed by atoms with Crippen molar-refractivity contribution in [1.82, 2.24) is 15.2 Å². The number of fused-ring (bicyclic) bond motifs is 1. The number of carbonyl (C=O) groups is 2. The summed E-state index contributed by atoms with van der Waals surface area (Å²) in [7, 11) is -4.67. The van der Waals surface area contributed by atoms with Gasteiger partial charge in [0, 0.05) is 24.5 Å². The van der Waals surface area contributed by atoms with Crippen molar-refractivity contribution in [2.75, 3.05) is 11.9 Å². The summed E-state index contributed by atoms with van der Waals surface area (Å²) in [6.45, 7) is 0.675. The number of nitrogens with zero attached hydrogens (tertiary/aromatic N) is 3. The third-order valence-corrected chi connectivity index (χ3v) is 9.07. The van der Waals surface area contributed by atoms with Gasteiger partial charge in [-0.05, 0) is 36.4 Å². The molecule has 4 rings (SSSR count). The van der Waals surface area contributed by atoms with Gasteiger partial charge in [-0.3, -0.25) is 4.79 Å². The molecule has 0 bridgehead atoms. The second kappa shape index (κ2) is 11.3. The van der Waals surface area contributed by atoms with Crippen LogP contribution in [0.5, 0.6) is 0 Å². The number of hydrogen-bond acceptors (Lipinski definition) is 11. The highest BCUT2D eigenvalue weighted by molar-refractivity contribution is 7.93. The SMILES string of the molecule is NC(N)(C(=O)O)C(C(=O)c1nnc(CCCCNc2ccccn2)s1)S(=O)(=O)c1cccc2ccccc12. The van der Waals surface area contributed by atoms with Crippen LogP contribution in [0.1, 0.15) is 27.7 Å². The van der Waals surface area contributed by atoms with Crippen molar-refractivity contribution in [3.05, 3.63) is 76.9 Å². The Morgan fingerprint density at radius 1 is 1.00 bits per heavy atom. The molecule has 38 heavy (non-hydrogen) atoms. The molecule has 0 saturated heterocycles. The number of ketones is 1. The maximum absolute atomic E-state index is 13.8. The van der Waals surface area contributed by atoms with Gasteiger partial charge in [-0.15, -0.1) is 10.2 Å². The first-order chi connectivity index (χ1) is 18.1. The topological polar surface area (TPSA) is 191 Å². The van der Waals surface area contributed by atoms with E-state index in [0.29, 0.717) is 35.2 Å². The quantitative estimate of drug-likeness (QED) is 0.114. The molecule has 6 N–H and O–H groups in total. The van der Waals surface area contributed by atoms with Gasteiger partial charge in [-0.25, -0.2) is 18.2 Å². The lowest BCUT2D eigenvalue weighted by atomic mass is 10.1. The van der Waals surface area contributed by atoms with Gasteiger partial charge in [0.15, 0.2) is 25.8 Å². The van der Waals surface area contributed by atoms with E-state index in [4.69, 9.17) is 11.5 Å². The molecule has 2 aromatic carbocycles. The van der Waals surface area contributed by atoms with Gasteiger partial charge in [-0.1, -0.05) is 53.8 Å². The maximum Gasteiger partial charge on any atom is 0.340 e. The Kier molecular flexibility index (Phi) is 8.11. The minimum atomic E-state index is -4.67. The van der Waals surface area contributed by atoms with E-state index in [-0.39, 0.29) is 9.90 Å². The number of anilines is 1. The van der Waals surface area contributed by atoms with Gasteiger partial charge < -0.3 is 21.9 Å². The number of nitrogens with one attached hydrogen (secondary N) is 1. The van der Waals surface area contributed by atoms with Crippen LogP contribution in [0.3, 0.4) is 0 Å². The van der Waals surface area contributed by atoms with E-state index in [1.165, 1.54) is 12.1 Å². The Morgan fingerprint density at radius 2 is 1.74 bits per heavy atom. The van der Waals surface area contributed by atoms with E-state index in [0.717, 1.165) is 23.6 Å². The first kappa shape index (κ1) is 27.3. The van der Waals surface area contributed by atoms with Crippen molar-refractivity contribution in [2.24, 2.45) is 11.5 Å². The van der Waals surface area contributed by atoms with Crippen LogP contribution in [0.15, 0.2) is 71.8 Å². The number of benzene rings is 2. The lowest BCUT2D eigenvalue weighted by Crippen LogP contribution is -2.69. The number of carbonyl (C=O) groups excluding carboxylic acids is 1. The molecule has 0 aliphatic carbocycles. The fraction of sp³-hybridized carbons (Fsp3) is 0.240. The molecule has 2 heterocycles. The molecule has 2 aromatic heterocycles. The predicted octanol–water partition coefficient (Wildman–Crippen LogP) is 2.24. The Hall–Kier alpha value is -3.78. The van der Waals surface area contributed by atoms with Crippen LogP contribution in [-0.2, 0) is 21.1 Å². The van der Waals surface area contributed by atoms with Crippen LogP contribution in [-0.4, -0.2) is 57.9 Å². The van der Waals surface area contributed by atoms with Crippen molar-refractivity contribution in [3.8, 4) is 0 Å². The molecule has 4 aromatic rings.